The topological polar surface area (TPSA) is 70.7 Å². The van der Waals surface area contributed by atoms with Crippen LogP contribution in [0.15, 0.2) is 31.4 Å². The van der Waals surface area contributed by atoms with Crippen LogP contribution in [0.5, 0.6) is 0 Å². The van der Waals surface area contributed by atoms with Gasteiger partial charge in [-0.3, -0.25) is 10.2 Å². The minimum absolute atomic E-state index is 0.252. The van der Waals surface area contributed by atoms with Crippen molar-refractivity contribution in [1.29, 1.82) is 5.26 Å². The Morgan fingerprint density at radius 3 is 2.85 bits per heavy atom. The molecule has 1 aromatic rings. The van der Waals surface area contributed by atoms with E-state index in [0.29, 0.717) is 0 Å². The van der Waals surface area contributed by atoms with Crippen molar-refractivity contribution in [3.8, 4) is 5.40 Å². The van der Waals surface area contributed by atoms with Crippen molar-refractivity contribution in [2.75, 3.05) is 5.43 Å². The molecule has 0 aliphatic heterocycles. The molecule has 0 saturated carbocycles. The quantitative estimate of drug-likeness (QED) is 0.412. The number of thiol groups is 1. The number of imidazole rings is 1. The van der Waals surface area contributed by atoms with Crippen molar-refractivity contribution in [3.05, 3.63) is 31.4 Å². The van der Waals surface area contributed by atoms with Gasteiger partial charge in [0.05, 0.1) is 0 Å². The molecule has 1 aromatic heterocycles. The van der Waals surface area contributed by atoms with Gasteiger partial charge in [0.15, 0.2) is 0 Å². The molecule has 0 bridgehead atoms. The maximum Gasteiger partial charge on any atom is 0.262 e. The number of aromatic nitrogens is 2. The van der Waals surface area contributed by atoms with E-state index in [2.05, 4.69) is 29.6 Å². The SMILES string of the molecule is C=CC(=O)Nn1ccnc1.N#CS. The van der Waals surface area contributed by atoms with Crippen LogP contribution in [-0.4, -0.2) is 15.6 Å². The Labute approximate surface area is 81.1 Å². The van der Waals surface area contributed by atoms with Gasteiger partial charge in [-0.25, -0.2) is 9.66 Å². The highest BCUT2D eigenvalue weighted by molar-refractivity contribution is 7.85. The molecule has 1 heterocycles. The van der Waals surface area contributed by atoms with Crippen LogP contribution < -0.4 is 5.43 Å². The van der Waals surface area contributed by atoms with Gasteiger partial charge in [0.1, 0.15) is 11.7 Å². The number of nitrogens with one attached hydrogen (secondary N) is 1. The molecule has 0 fully saturated rings. The first kappa shape index (κ1) is 11.3. The van der Waals surface area contributed by atoms with Crippen LogP contribution in [0.1, 0.15) is 0 Å². The first-order valence-electron chi connectivity index (χ1n) is 3.19. The highest BCUT2D eigenvalue weighted by Crippen LogP contribution is 1.79. The molecular weight excluding hydrogens is 188 g/mol. The minimum atomic E-state index is -0.252. The molecular formula is C7H8N4OS. The lowest BCUT2D eigenvalue weighted by atomic mass is 10.6. The van der Waals surface area contributed by atoms with E-state index in [1.54, 1.807) is 12.4 Å². The molecule has 13 heavy (non-hydrogen) atoms. The van der Waals surface area contributed by atoms with Crippen molar-refractivity contribution in [2.24, 2.45) is 0 Å². The average molecular weight is 196 g/mol. The number of amides is 1. The van der Waals surface area contributed by atoms with Gasteiger partial charge in [-0.05, 0) is 6.08 Å². The van der Waals surface area contributed by atoms with E-state index in [-0.39, 0.29) is 5.91 Å². The van der Waals surface area contributed by atoms with E-state index < -0.39 is 0 Å². The van der Waals surface area contributed by atoms with E-state index in [1.165, 1.54) is 22.5 Å². The van der Waals surface area contributed by atoms with Crippen LogP contribution in [-0.2, 0) is 4.79 Å². The third kappa shape index (κ3) is 5.52. The lowest BCUT2D eigenvalue weighted by Gasteiger charge is -1.98. The first-order chi connectivity index (χ1) is 6.24. The van der Waals surface area contributed by atoms with Gasteiger partial charge in [-0.1, -0.05) is 19.2 Å². The second kappa shape index (κ2) is 6.94. The van der Waals surface area contributed by atoms with Crippen molar-refractivity contribution < 1.29 is 4.79 Å². The van der Waals surface area contributed by atoms with E-state index >= 15 is 0 Å². The molecule has 0 aliphatic carbocycles. The van der Waals surface area contributed by atoms with Crippen LogP contribution in [0.25, 0.3) is 0 Å². The fourth-order valence-electron chi connectivity index (χ4n) is 0.498. The monoisotopic (exact) mass is 196 g/mol. The Balaban J connectivity index is 0.000000424. The Morgan fingerprint density at radius 2 is 2.46 bits per heavy atom. The van der Waals surface area contributed by atoms with Crippen LogP contribution in [0.2, 0.25) is 0 Å². The number of rotatable bonds is 2. The van der Waals surface area contributed by atoms with E-state index in [0.717, 1.165) is 0 Å². The van der Waals surface area contributed by atoms with Gasteiger partial charge in [-0.2, -0.15) is 5.26 Å². The second-order valence-electron chi connectivity index (χ2n) is 1.75. The number of carbonyl (C=O) groups excluding carboxylic acids is 1. The van der Waals surface area contributed by atoms with Crippen LogP contribution in [0.4, 0.5) is 0 Å². The number of nitriles is 1. The normalized spacial score (nSPS) is 7.38. The zero-order chi connectivity index (χ0) is 10.1. The molecule has 0 aromatic carbocycles. The van der Waals surface area contributed by atoms with Gasteiger partial charge < -0.3 is 0 Å². The summed E-state index contributed by atoms with van der Waals surface area (Å²) in [6.07, 6.45) is 5.88. The zero-order valence-electron chi connectivity index (χ0n) is 6.71. The fraction of sp³-hybridized carbons (Fsp3) is 0. The number of hydrogen-bond acceptors (Lipinski definition) is 4. The molecule has 0 atom stereocenters. The molecule has 5 nitrogen and oxygen atoms in total. The van der Waals surface area contributed by atoms with E-state index in [4.69, 9.17) is 5.26 Å². The Hall–Kier alpha value is -1.74. The third-order valence-corrected chi connectivity index (χ3v) is 0.929. The number of hydrogen-bond donors (Lipinski definition) is 2. The molecule has 0 radical (unpaired) electrons. The van der Waals surface area contributed by atoms with Crippen molar-refractivity contribution >= 4 is 18.5 Å². The summed E-state index contributed by atoms with van der Waals surface area (Å²) < 4.78 is 1.45. The first-order valence-corrected chi connectivity index (χ1v) is 3.64. The highest BCUT2D eigenvalue weighted by atomic mass is 32.1. The maximum atomic E-state index is 10.6. The number of thiocyanates is 1. The molecule has 68 valence electrons. The van der Waals surface area contributed by atoms with Gasteiger partial charge in [0.25, 0.3) is 5.91 Å². The Bertz CT molecular complexity index is 301. The standard InChI is InChI=1S/C6H7N3O.CHNS/c1-2-6(10)8-9-4-3-7-5-9;2-1-3/h2-5H,1H2,(H,8,10);3H. The average Bonchev–Trinajstić information content (AvgIpc) is 2.58. The maximum absolute atomic E-state index is 10.6. The van der Waals surface area contributed by atoms with Gasteiger partial charge in [0, 0.05) is 12.4 Å². The van der Waals surface area contributed by atoms with Gasteiger partial charge >= 0.3 is 0 Å². The molecule has 0 aliphatic rings. The Morgan fingerprint density at radius 1 is 1.85 bits per heavy atom. The fourth-order valence-corrected chi connectivity index (χ4v) is 0.498. The summed E-state index contributed by atoms with van der Waals surface area (Å²) in [5, 5.41) is 8.63. The Kier molecular flexibility index (Phi) is 6.01. The number of nitrogens with zero attached hydrogens (tertiary/aromatic N) is 3. The molecule has 6 heteroatoms. The number of carbonyl (C=O) groups is 1. The zero-order valence-corrected chi connectivity index (χ0v) is 7.61. The molecule has 1 rings (SSSR count). The molecule has 0 saturated heterocycles. The summed E-state index contributed by atoms with van der Waals surface area (Å²) in [6.45, 7) is 3.30. The molecule has 1 N–H and O–H groups in total. The summed E-state index contributed by atoms with van der Waals surface area (Å²) in [6, 6.07) is 0. The van der Waals surface area contributed by atoms with Crippen molar-refractivity contribution in [3.63, 3.8) is 0 Å². The van der Waals surface area contributed by atoms with E-state index in [9.17, 15) is 4.79 Å². The van der Waals surface area contributed by atoms with E-state index in [1.807, 2.05) is 0 Å². The van der Waals surface area contributed by atoms with Crippen molar-refractivity contribution in [1.82, 2.24) is 9.66 Å². The molecule has 1 amide bonds. The minimum Gasteiger partial charge on any atom is -0.268 e. The molecule has 0 spiro atoms. The summed E-state index contributed by atoms with van der Waals surface area (Å²) in [4.78, 5) is 14.3. The third-order valence-electron chi connectivity index (χ3n) is 0.929. The molecule has 0 unspecified atom stereocenters. The summed E-state index contributed by atoms with van der Waals surface area (Å²) in [5.41, 5.74) is 2.47. The lowest BCUT2D eigenvalue weighted by Crippen LogP contribution is -2.18. The van der Waals surface area contributed by atoms with Crippen molar-refractivity contribution in [2.45, 2.75) is 0 Å². The van der Waals surface area contributed by atoms with Gasteiger partial charge in [-0.15, -0.1) is 0 Å². The summed E-state index contributed by atoms with van der Waals surface area (Å²) >= 11 is 3.09. The smallest absolute Gasteiger partial charge is 0.262 e. The van der Waals surface area contributed by atoms with Gasteiger partial charge in [0.2, 0.25) is 0 Å². The lowest BCUT2D eigenvalue weighted by molar-refractivity contribution is -0.112. The predicted molar refractivity (Wildman–Crippen MR) is 51.4 cm³/mol. The highest BCUT2D eigenvalue weighted by Gasteiger charge is 1.91. The summed E-state index contributed by atoms with van der Waals surface area (Å²) in [7, 11) is 0. The second-order valence-corrected chi connectivity index (χ2v) is 1.95. The van der Waals surface area contributed by atoms with Crippen LogP contribution >= 0.6 is 12.6 Å². The predicted octanol–water partition coefficient (Wildman–Crippen LogP) is 0.536. The largest absolute Gasteiger partial charge is 0.268 e. The van der Waals surface area contributed by atoms with Crippen LogP contribution in [0, 0.1) is 10.7 Å². The van der Waals surface area contributed by atoms with Crippen LogP contribution in [0.3, 0.4) is 0 Å². The summed E-state index contributed by atoms with van der Waals surface area (Å²) in [5.74, 6) is -0.252.